The Morgan fingerprint density at radius 2 is 1.93 bits per heavy atom. The van der Waals surface area contributed by atoms with Crippen LogP contribution in [0.2, 0.25) is 5.02 Å². The number of carbonyl (C=O) groups is 1. The summed E-state index contributed by atoms with van der Waals surface area (Å²) in [5.41, 5.74) is 1.60. The van der Waals surface area contributed by atoms with Gasteiger partial charge in [0.05, 0.1) is 11.9 Å². The summed E-state index contributed by atoms with van der Waals surface area (Å²) in [6, 6.07) is 14.6. The van der Waals surface area contributed by atoms with Crippen molar-refractivity contribution in [2.75, 3.05) is 29.4 Å². The molecule has 0 unspecified atom stereocenters. The van der Waals surface area contributed by atoms with E-state index < -0.39 is 10.0 Å². The lowest BCUT2D eigenvalue weighted by Gasteiger charge is -2.22. The Morgan fingerprint density at radius 3 is 2.56 bits per heavy atom. The zero-order valence-electron chi connectivity index (χ0n) is 14.7. The number of halogens is 2. The number of amides is 1. The van der Waals surface area contributed by atoms with Crippen LogP contribution in [0, 0.1) is 3.57 Å². The van der Waals surface area contributed by atoms with E-state index in [2.05, 4.69) is 27.9 Å². The van der Waals surface area contributed by atoms with E-state index in [0.29, 0.717) is 17.3 Å². The highest BCUT2D eigenvalue weighted by atomic mass is 127. The number of anilines is 1. The lowest BCUT2D eigenvalue weighted by Crippen LogP contribution is -2.41. The molecular weight excluding hydrogens is 519 g/mol. The van der Waals surface area contributed by atoms with Crippen LogP contribution in [0.5, 0.6) is 0 Å². The SMILES string of the molecule is CS(=O)(=O)N(CC(=O)NCCSCc1cccc(Cl)c1)c1ccc(I)cc1. The highest BCUT2D eigenvalue weighted by Gasteiger charge is 2.20. The maximum Gasteiger partial charge on any atom is 0.240 e. The topological polar surface area (TPSA) is 66.5 Å². The summed E-state index contributed by atoms with van der Waals surface area (Å²) >= 11 is 9.77. The fourth-order valence-electron chi connectivity index (χ4n) is 2.27. The zero-order valence-corrected chi connectivity index (χ0v) is 19.2. The van der Waals surface area contributed by atoms with Crippen LogP contribution in [0.1, 0.15) is 5.56 Å². The van der Waals surface area contributed by atoms with Crippen molar-refractivity contribution in [3.8, 4) is 0 Å². The number of nitrogens with zero attached hydrogens (tertiary/aromatic N) is 1. The zero-order chi connectivity index (χ0) is 19.9. The van der Waals surface area contributed by atoms with Gasteiger partial charge in [0.2, 0.25) is 15.9 Å². The molecule has 0 fully saturated rings. The van der Waals surface area contributed by atoms with Crippen LogP contribution in [-0.2, 0) is 20.6 Å². The molecule has 0 aliphatic carbocycles. The fourth-order valence-corrected chi connectivity index (χ4v) is 4.51. The molecule has 146 valence electrons. The van der Waals surface area contributed by atoms with Crippen LogP contribution in [0.15, 0.2) is 48.5 Å². The monoisotopic (exact) mass is 538 g/mol. The van der Waals surface area contributed by atoms with Gasteiger partial charge in [-0.3, -0.25) is 9.10 Å². The van der Waals surface area contributed by atoms with Gasteiger partial charge in [-0.2, -0.15) is 11.8 Å². The first-order chi connectivity index (χ1) is 12.8. The van der Waals surface area contributed by atoms with Crippen molar-refractivity contribution < 1.29 is 13.2 Å². The number of nitrogens with one attached hydrogen (secondary N) is 1. The molecule has 0 aliphatic rings. The number of thioether (sulfide) groups is 1. The Labute approximate surface area is 183 Å². The lowest BCUT2D eigenvalue weighted by molar-refractivity contribution is -0.119. The van der Waals surface area contributed by atoms with Crippen LogP contribution in [0.4, 0.5) is 5.69 Å². The molecular formula is C18H20ClIN2O3S2. The summed E-state index contributed by atoms with van der Waals surface area (Å²) in [7, 11) is -3.55. The van der Waals surface area contributed by atoms with E-state index in [1.54, 1.807) is 36.0 Å². The van der Waals surface area contributed by atoms with E-state index in [-0.39, 0.29) is 12.5 Å². The van der Waals surface area contributed by atoms with Crippen molar-refractivity contribution >= 4 is 67.6 Å². The molecule has 2 aromatic rings. The maximum atomic E-state index is 12.2. The van der Waals surface area contributed by atoms with Crippen LogP contribution in [-0.4, -0.2) is 39.4 Å². The first-order valence-corrected chi connectivity index (χ1v) is 12.5. The highest BCUT2D eigenvalue weighted by molar-refractivity contribution is 14.1. The maximum absolute atomic E-state index is 12.2. The summed E-state index contributed by atoms with van der Waals surface area (Å²) in [5, 5.41) is 3.48. The van der Waals surface area contributed by atoms with Gasteiger partial charge in [-0.05, 0) is 64.6 Å². The Morgan fingerprint density at radius 1 is 1.22 bits per heavy atom. The number of carbonyl (C=O) groups excluding carboxylic acids is 1. The quantitative estimate of drug-likeness (QED) is 0.390. The van der Waals surface area contributed by atoms with Crippen molar-refractivity contribution in [1.29, 1.82) is 0 Å². The molecule has 27 heavy (non-hydrogen) atoms. The van der Waals surface area contributed by atoms with Gasteiger partial charge in [-0.15, -0.1) is 0 Å². The second kappa shape index (κ2) is 10.5. The molecule has 0 saturated carbocycles. The minimum Gasteiger partial charge on any atom is -0.354 e. The van der Waals surface area contributed by atoms with E-state index in [0.717, 1.165) is 31.2 Å². The Balaban J connectivity index is 1.81. The molecule has 0 bridgehead atoms. The first-order valence-electron chi connectivity index (χ1n) is 8.08. The van der Waals surface area contributed by atoms with E-state index in [9.17, 15) is 13.2 Å². The van der Waals surface area contributed by atoms with Gasteiger partial charge in [0.25, 0.3) is 0 Å². The third-order valence-electron chi connectivity index (χ3n) is 3.53. The standard InChI is InChI=1S/C18H20ClIN2O3S2/c1-27(24,25)22(17-7-5-16(20)6-8-17)12-18(23)21-9-10-26-13-14-3-2-4-15(19)11-14/h2-8,11H,9-10,12-13H2,1H3,(H,21,23). The van der Waals surface area contributed by atoms with Crippen molar-refractivity contribution in [2.24, 2.45) is 0 Å². The number of hydrogen-bond acceptors (Lipinski definition) is 4. The van der Waals surface area contributed by atoms with Crippen LogP contribution >= 0.6 is 46.0 Å². The van der Waals surface area contributed by atoms with Gasteiger partial charge >= 0.3 is 0 Å². The molecule has 5 nitrogen and oxygen atoms in total. The molecule has 9 heteroatoms. The Hall–Kier alpha value is -0.970. The summed E-state index contributed by atoms with van der Waals surface area (Å²) in [4.78, 5) is 12.2. The molecule has 1 N–H and O–H groups in total. The number of rotatable bonds is 9. The van der Waals surface area contributed by atoms with E-state index >= 15 is 0 Å². The van der Waals surface area contributed by atoms with Gasteiger partial charge in [0.1, 0.15) is 6.54 Å². The summed E-state index contributed by atoms with van der Waals surface area (Å²) in [5.74, 6) is 1.19. The van der Waals surface area contributed by atoms with Crippen LogP contribution in [0.25, 0.3) is 0 Å². The third-order valence-corrected chi connectivity index (χ3v) is 6.65. The molecule has 0 aromatic heterocycles. The molecule has 0 spiro atoms. The Kier molecular flexibility index (Phi) is 8.71. The fraction of sp³-hybridized carbons (Fsp3) is 0.278. The van der Waals surface area contributed by atoms with Crippen LogP contribution < -0.4 is 9.62 Å². The molecule has 0 radical (unpaired) electrons. The third kappa shape index (κ3) is 7.89. The Bertz CT molecular complexity index is 876. The van der Waals surface area contributed by atoms with Crippen molar-refractivity contribution in [1.82, 2.24) is 5.32 Å². The van der Waals surface area contributed by atoms with Gasteiger partial charge in [-0.25, -0.2) is 8.42 Å². The lowest BCUT2D eigenvalue weighted by atomic mass is 10.2. The second-order valence-corrected chi connectivity index (χ2v) is 10.5. The van der Waals surface area contributed by atoms with Crippen LogP contribution in [0.3, 0.4) is 0 Å². The number of sulfonamides is 1. The largest absolute Gasteiger partial charge is 0.354 e. The average Bonchev–Trinajstić information content (AvgIpc) is 2.59. The van der Waals surface area contributed by atoms with E-state index in [1.165, 1.54) is 0 Å². The normalized spacial score (nSPS) is 11.2. The van der Waals surface area contributed by atoms with Crippen molar-refractivity contribution in [3.05, 3.63) is 62.7 Å². The molecule has 0 heterocycles. The highest BCUT2D eigenvalue weighted by Crippen LogP contribution is 2.19. The second-order valence-electron chi connectivity index (χ2n) is 5.78. The van der Waals surface area contributed by atoms with E-state index in [1.807, 2.05) is 24.3 Å². The molecule has 1 amide bonds. The van der Waals surface area contributed by atoms with Gasteiger partial charge in [0, 0.05) is 26.6 Å². The molecule has 0 saturated heterocycles. The molecule has 0 atom stereocenters. The smallest absolute Gasteiger partial charge is 0.240 e. The average molecular weight is 539 g/mol. The minimum atomic E-state index is -3.55. The van der Waals surface area contributed by atoms with Crippen molar-refractivity contribution in [3.63, 3.8) is 0 Å². The molecule has 0 aliphatic heterocycles. The van der Waals surface area contributed by atoms with Gasteiger partial charge in [0.15, 0.2) is 0 Å². The predicted octanol–water partition coefficient (Wildman–Crippen LogP) is 3.76. The van der Waals surface area contributed by atoms with Gasteiger partial charge in [-0.1, -0.05) is 23.7 Å². The van der Waals surface area contributed by atoms with Crippen molar-refractivity contribution in [2.45, 2.75) is 5.75 Å². The molecule has 2 aromatic carbocycles. The summed E-state index contributed by atoms with van der Waals surface area (Å²) in [6.07, 6.45) is 1.10. The summed E-state index contributed by atoms with van der Waals surface area (Å²) < 4.78 is 26.2. The minimum absolute atomic E-state index is 0.238. The summed E-state index contributed by atoms with van der Waals surface area (Å²) in [6.45, 7) is 0.229. The first kappa shape index (κ1) is 22.3. The van der Waals surface area contributed by atoms with Gasteiger partial charge < -0.3 is 5.32 Å². The number of benzene rings is 2. The van der Waals surface area contributed by atoms with E-state index in [4.69, 9.17) is 11.6 Å². The predicted molar refractivity (Wildman–Crippen MR) is 122 cm³/mol. The molecule has 2 rings (SSSR count). The number of hydrogen-bond donors (Lipinski definition) is 1.